The predicted molar refractivity (Wildman–Crippen MR) is 141 cm³/mol. The first-order chi connectivity index (χ1) is 17.0. The van der Waals surface area contributed by atoms with Gasteiger partial charge in [-0.15, -0.1) is 23.1 Å². The number of carbonyl (C=O) groups excluding carboxylic acids is 3. The van der Waals surface area contributed by atoms with Crippen LogP contribution in [-0.2, 0) is 27.3 Å². The van der Waals surface area contributed by atoms with Gasteiger partial charge in [-0.1, -0.05) is 6.07 Å². The number of ether oxygens (including phenoxy) is 1. The molecule has 1 aliphatic heterocycles. The largest absolute Gasteiger partial charge is 0.444 e. The molecule has 10 heteroatoms. The lowest BCUT2D eigenvalue weighted by atomic mass is 10.0. The molecule has 36 heavy (non-hydrogen) atoms. The Morgan fingerprint density at radius 1 is 1.25 bits per heavy atom. The maximum absolute atomic E-state index is 13.0. The second-order valence-corrected chi connectivity index (χ2v) is 12.5. The van der Waals surface area contributed by atoms with Crippen molar-refractivity contribution in [3.63, 3.8) is 0 Å². The number of nitriles is 1. The summed E-state index contributed by atoms with van der Waals surface area (Å²) in [5.74, 6) is -0.0569. The Morgan fingerprint density at radius 2 is 2.00 bits per heavy atom. The van der Waals surface area contributed by atoms with Crippen molar-refractivity contribution in [1.29, 1.82) is 5.26 Å². The number of rotatable bonds is 6. The van der Waals surface area contributed by atoms with Crippen LogP contribution in [0.4, 0.5) is 15.5 Å². The average molecular weight is 527 g/mol. The van der Waals surface area contributed by atoms with Gasteiger partial charge in [-0.3, -0.25) is 9.59 Å². The molecular weight excluding hydrogens is 496 g/mol. The van der Waals surface area contributed by atoms with Crippen LogP contribution in [0.2, 0.25) is 0 Å². The fraction of sp³-hybridized carbons (Fsp3) is 0.462. The Bertz CT molecular complexity index is 1220. The van der Waals surface area contributed by atoms with E-state index in [-0.39, 0.29) is 23.8 Å². The molecule has 190 valence electrons. The molecule has 8 nitrogen and oxygen atoms in total. The first kappa shape index (κ1) is 26.0. The Labute approximate surface area is 219 Å². The zero-order valence-electron chi connectivity index (χ0n) is 20.8. The molecule has 0 bridgehead atoms. The van der Waals surface area contributed by atoms with Crippen LogP contribution in [0.15, 0.2) is 29.2 Å². The summed E-state index contributed by atoms with van der Waals surface area (Å²) in [7, 11) is 0. The van der Waals surface area contributed by atoms with Crippen LogP contribution in [0.25, 0.3) is 0 Å². The van der Waals surface area contributed by atoms with Gasteiger partial charge in [0.15, 0.2) is 0 Å². The molecule has 1 aromatic heterocycles. The van der Waals surface area contributed by atoms with Crippen molar-refractivity contribution in [2.75, 3.05) is 17.2 Å². The summed E-state index contributed by atoms with van der Waals surface area (Å²) in [6.45, 7) is 8.09. The monoisotopic (exact) mass is 526 g/mol. The number of amides is 3. The number of benzene rings is 1. The van der Waals surface area contributed by atoms with E-state index in [0.717, 1.165) is 33.9 Å². The first-order valence-electron chi connectivity index (χ1n) is 11.9. The minimum atomic E-state index is -0.583. The van der Waals surface area contributed by atoms with Crippen LogP contribution in [0.1, 0.15) is 56.5 Å². The fourth-order valence-electron chi connectivity index (χ4n) is 3.80. The molecule has 1 aromatic carbocycles. The number of anilines is 2. The van der Waals surface area contributed by atoms with E-state index in [9.17, 15) is 19.6 Å². The van der Waals surface area contributed by atoms with Crippen molar-refractivity contribution in [3.8, 4) is 6.07 Å². The van der Waals surface area contributed by atoms with E-state index in [0.29, 0.717) is 30.1 Å². The molecule has 0 spiro atoms. The summed E-state index contributed by atoms with van der Waals surface area (Å²) in [6.07, 6.45) is 2.03. The lowest BCUT2D eigenvalue weighted by Crippen LogP contribution is -2.39. The van der Waals surface area contributed by atoms with Crippen molar-refractivity contribution < 1.29 is 19.1 Å². The molecule has 4 rings (SSSR count). The highest BCUT2D eigenvalue weighted by Crippen LogP contribution is 2.38. The Hall–Kier alpha value is -3.03. The van der Waals surface area contributed by atoms with E-state index in [1.807, 2.05) is 45.0 Å². The first-order valence-corrected chi connectivity index (χ1v) is 13.6. The molecule has 2 heterocycles. The average Bonchev–Trinajstić information content (AvgIpc) is 3.60. The summed E-state index contributed by atoms with van der Waals surface area (Å²) in [4.78, 5) is 40.9. The van der Waals surface area contributed by atoms with E-state index in [1.54, 1.807) is 11.8 Å². The van der Waals surface area contributed by atoms with Crippen molar-refractivity contribution in [3.05, 3.63) is 40.3 Å². The molecule has 1 fully saturated rings. The van der Waals surface area contributed by atoms with Crippen LogP contribution in [-0.4, -0.2) is 40.2 Å². The molecule has 1 unspecified atom stereocenters. The molecule has 1 saturated carbocycles. The van der Waals surface area contributed by atoms with Crippen LogP contribution in [0.5, 0.6) is 0 Å². The lowest BCUT2D eigenvalue weighted by Gasteiger charge is -2.29. The minimum Gasteiger partial charge on any atom is -0.444 e. The molecule has 2 N–H and O–H groups in total. The lowest BCUT2D eigenvalue weighted by molar-refractivity contribution is -0.117. The van der Waals surface area contributed by atoms with E-state index in [1.165, 1.54) is 23.1 Å². The van der Waals surface area contributed by atoms with E-state index < -0.39 is 10.9 Å². The topological polar surface area (TPSA) is 112 Å². The van der Waals surface area contributed by atoms with Gasteiger partial charge in [-0.2, -0.15) is 5.26 Å². The number of thiophene rings is 1. The molecule has 2 aliphatic rings. The van der Waals surface area contributed by atoms with E-state index in [4.69, 9.17) is 4.74 Å². The minimum absolute atomic E-state index is 0.0406. The van der Waals surface area contributed by atoms with Crippen LogP contribution < -0.4 is 10.6 Å². The second kappa shape index (κ2) is 10.5. The predicted octanol–water partition coefficient (Wildman–Crippen LogP) is 5.38. The molecule has 1 atom stereocenters. The molecule has 3 amide bonds. The van der Waals surface area contributed by atoms with Gasteiger partial charge in [0.05, 0.1) is 17.4 Å². The Balaban J connectivity index is 1.40. The number of nitrogens with zero attached hydrogens (tertiary/aromatic N) is 2. The fourth-order valence-corrected chi connectivity index (χ4v) is 5.94. The van der Waals surface area contributed by atoms with Gasteiger partial charge in [0, 0.05) is 27.9 Å². The number of hydrogen-bond acceptors (Lipinski definition) is 7. The van der Waals surface area contributed by atoms with Crippen molar-refractivity contribution in [1.82, 2.24) is 4.90 Å². The maximum Gasteiger partial charge on any atom is 0.410 e. The van der Waals surface area contributed by atoms with Gasteiger partial charge in [0.2, 0.25) is 11.8 Å². The zero-order valence-corrected chi connectivity index (χ0v) is 22.5. The standard InChI is InChI=1S/C26H30N4O4S2/c1-15(35-18-7-5-6-17(12-18)28-23(32)16-8-9-16)22(31)29-24-20(13-27)19-10-11-30(14-21(19)36-24)25(33)34-26(2,3)4/h5-7,12,15-16H,8-11,14H2,1-4H3,(H,28,32)(H,29,31). The smallest absolute Gasteiger partial charge is 0.410 e. The van der Waals surface area contributed by atoms with Gasteiger partial charge in [0.1, 0.15) is 16.7 Å². The van der Waals surface area contributed by atoms with Crippen molar-refractivity contribution in [2.24, 2.45) is 5.92 Å². The highest BCUT2D eigenvalue weighted by Gasteiger charge is 2.31. The SMILES string of the molecule is CC(Sc1cccc(NC(=O)C2CC2)c1)C(=O)Nc1sc2c(c1C#N)CCN(C(=O)OC(C)(C)C)C2. The van der Waals surface area contributed by atoms with Gasteiger partial charge < -0.3 is 20.3 Å². The number of fused-ring (bicyclic) bond motifs is 1. The van der Waals surface area contributed by atoms with Crippen LogP contribution in [0.3, 0.4) is 0 Å². The second-order valence-electron chi connectivity index (χ2n) is 10.0. The molecule has 1 aliphatic carbocycles. The molecule has 2 aromatic rings. The Morgan fingerprint density at radius 3 is 2.67 bits per heavy atom. The summed E-state index contributed by atoms with van der Waals surface area (Å²) < 4.78 is 5.48. The summed E-state index contributed by atoms with van der Waals surface area (Å²) in [5, 5.41) is 15.7. The molecule has 0 radical (unpaired) electrons. The number of nitrogens with one attached hydrogen (secondary N) is 2. The van der Waals surface area contributed by atoms with Gasteiger partial charge in [0.25, 0.3) is 0 Å². The molecule has 0 saturated heterocycles. The maximum atomic E-state index is 13.0. The quantitative estimate of drug-likeness (QED) is 0.489. The highest BCUT2D eigenvalue weighted by molar-refractivity contribution is 8.00. The van der Waals surface area contributed by atoms with E-state index in [2.05, 4.69) is 16.7 Å². The normalized spacial score (nSPS) is 15.9. The third-order valence-corrected chi connectivity index (χ3v) is 8.01. The van der Waals surface area contributed by atoms with Gasteiger partial charge in [-0.25, -0.2) is 4.79 Å². The van der Waals surface area contributed by atoms with Crippen LogP contribution in [0, 0.1) is 17.2 Å². The third kappa shape index (κ3) is 6.39. The summed E-state index contributed by atoms with van der Waals surface area (Å²) in [5.41, 5.74) is 1.49. The Kier molecular flexibility index (Phi) is 7.62. The summed E-state index contributed by atoms with van der Waals surface area (Å²) >= 11 is 2.72. The number of hydrogen-bond donors (Lipinski definition) is 2. The number of carbonyl (C=O) groups is 3. The van der Waals surface area contributed by atoms with Gasteiger partial charge in [-0.05, 0) is 70.7 Å². The van der Waals surface area contributed by atoms with Crippen LogP contribution >= 0.6 is 23.1 Å². The van der Waals surface area contributed by atoms with Crippen molar-refractivity contribution in [2.45, 2.75) is 69.2 Å². The molecular formula is C26H30N4O4S2. The zero-order chi connectivity index (χ0) is 26.0. The highest BCUT2D eigenvalue weighted by atomic mass is 32.2. The van der Waals surface area contributed by atoms with Gasteiger partial charge >= 0.3 is 6.09 Å². The number of thioether (sulfide) groups is 1. The third-order valence-electron chi connectivity index (χ3n) is 5.79. The van der Waals surface area contributed by atoms with Crippen molar-refractivity contribution >= 4 is 51.7 Å². The van der Waals surface area contributed by atoms with E-state index >= 15 is 0 Å². The summed E-state index contributed by atoms with van der Waals surface area (Å²) in [6, 6.07) is 9.69.